The minimum absolute atomic E-state index is 0.0532. The topological polar surface area (TPSA) is 66.5 Å². The lowest BCUT2D eigenvalue weighted by Gasteiger charge is -2.23. The SMILES string of the molecule is Cc1ccc(N(Cc2ccc(C(=O)NC3CCCCCC3)cc2)S(C)(=O)=O)cc1C. The summed E-state index contributed by atoms with van der Waals surface area (Å²) in [6.45, 7) is 4.20. The van der Waals surface area contributed by atoms with Gasteiger partial charge >= 0.3 is 0 Å². The number of aryl methyl sites for hydroxylation is 2. The van der Waals surface area contributed by atoms with Gasteiger partial charge in [-0.1, -0.05) is 43.9 Å². The summed E-state index contributed by atoms with van der Waals surface area (Å²) in [5.74, 6) is -0.0532. The fraction of sp³-hybridized carbons (Fsp3) is 0.458. The molecule has 6 heteroatoms. The third-order valence-electron chi connectivity index (χ3n) is 5.91. The highest BCUT2D eigenvalue weighted by molar-refractivity contribution is 7.92. The summed E-state index contributed by atoms with van der Waals surface area (Å²) in [5.41, 5.74) is 4.27. The van der Waals surface area contributed by atoms with Gasteiger partial charge in [0.15, 0.2) is 0 Å². The Balaban J connectivity index is 1.72. The summed E-state index contributed by atoms with van der Waals surface area (Å²) in [7, 11) is -3.44. The molecule has 1 aliphatic carbocycles. The molecule has 3 rings (SSSR count). The van der Waals surface area contributed by atoms with Crippen LogP contribution in [0.5, 0.6) is 0 Å². The van der Waals surface area contributed by atoms with Crippen LogP contribution in [0.1, 0.15) is 65.6 Å². The van der Waals surface area contributed by atoms with E-state index >= 15 is 0 Å². The predicted octanol–water partition coefficient (Wildman–Crippen LogP) is 4.72. The first kappa shape index (κ1) is 22.3. The minimum atomic E-state index is -3.44. The first-order valence-corrected chi connectivity index (χ1v) is 12.5. The van der Waals surface area contributed by atoms with E-state index in [1.807, 2.05) is 44.2 Å². The van der Waals surface area contributed by atoms with Crippen LogP contribution in [0, 0.1) is 13.8 Å². The van der Waals surface area contributed by atoms with Crippen molar-refractivity contribution in [3.8, 4) is 0 Å². The summed E-state index contributed by atoms with van der Waals surface area (Å²) in [5, 5.41) is 3.15. The molecule has 0 spiro atoms. The molecule has 30 heavy (non-hydrogen) atoms. The zero-order valence-corrected chi connectivity index (χ0v) is 19.0. The first-order chi connectivity index (χ1) is 14.2. The number of nitrogens with one attached hydrogen (secondary N) is 1. The van der Waals surface area contributed by atoms with Crippen molar-refractivity contribution in [1.29, 1.82) is 0 Å². The number of benzene rings is 2. The Morgan fingerprint density at radius 2 is 1.60 bits per heavy atom. The predicted molar refractivity (Wildman–Crippen MR) is 122 cm³/mol. The van der Waals surface area contributed by atoms with Crippen LogP contribution in [0.4, 0.5) is 5.69 Å². The van der Waals surface area contributed by atoms with Gasteiger partial charge in [0.25, 0.3) is 5.91 Å². The molecule has 0 radical (unpaired) electrons. The number of amides is 1. The summed E-state index contributed by atoms with van der Waals surface area (Å²) >= 11 is 0. The van der Waals surface area contributed by atoms with Gasteiger partial charge in [-0.05, 0) is 67.6 Å². The molecule has 5 nitrogen and oxygen atoms in total. The van der Waals surface area contributed by atoms with Crippen LogP contribution in [0.2, 0.25) is 0 Å². The average molecular weight is 429 g/mol. The van der Waals surface area contributed by atoms with Crippen LogP contribution >= 0.6 is 0 Å². The van der Waals surface area contributed by atoms with Gasteiger partial charge in [-0.2, -0.15) is 0 Å². The molecule has 0 heterocycles. The molecule has 0 saturated heterocycles. The number of anilines is 1. The number of sulfonamides is 1. The number of carbonyl (C=O) groups excluding carboxylic acids is 1. The molecule has 1 fully saturated rings. The lowest BCUT2D eigenvalue weighted by atomic mass is 10.1. The molecule has 1 N–H and O–H groups in total. The Hall–Kier alpha value is -2.34. The third kappa shape index (κ3) is 5.85. The second kappa shape index (κ2) is 9.65. The average Bonchev–Trinajstić information content (AvgIpc) is 2.96. The Kier molecular flexibility index (Phi) is 7.19. The standard InChI is InChI=1S/C24H32N2O3S/c1-18-10-15-23(16-19(18)2)26(30(3,28)29)17-20-11-13-21(14-12-20)24(27)25-22-8-6-4-5-7-9-22/h10-16,22H,4-9,17H2,1-3H3,(H,25,27). The van der Waals surface area contributed by atoms with Crippen molar-refractivity contribution in [2.75, 3.05) is 10.6 Å². The van der Waals surface area contributed by atoms with Crippen molar-refractivity contribution in [1.82, 2.24) is 5.32 Å². The lowest BCUT2D eigenvalue weighted by Crippen LogP contribution is -2.34. The van der Waals surface area contributed by atoms with Crippen LogP contribution < -0.4 is 9.62 Å². The second-order valence-corrected chi connectivity index (χ2v) is 10.3. The molecule has 1 amide bonds. The van der Waals surface area contributed by atoms with E-state index in [4.69, 9.17) is 0 Å². The molecule has 162 valence electrons. The van der Waals surface area contributed by atoms with Crippen molar-refractivity contribution in [3.63, 3.8) is 0 Å². The van der Waals surface area contributed by atoms with E-state index < -0.39 is 10.0 Å². The maximum Gasteiger partial charge on any atom is 0.251 e. The molecule has 2 aromatic rings. The maximum absolute atomic E-state index is 12.6. The summed E-state index contributed by atoms with van der Waals surface area (Å²) < 4.78 is 26.2. The van der Waals surface area contributed by atoms with E-state index in [0.29, 0.717) is 11.3 Å². The normalized spacial score (nSPS) is 15.4. The van der Waals surface area contributed by atoms with Crippen molar-refractivity contribution < 1.29 is 13.2 Å². The summed E-state index contributed by atoms with van der Waals surface area (Å²) in [4.78, 5) is 12.6. The van der Waals surface area contributed by atoms with Gasteiger partial charge in [0.1, 0.15) is 0 Å². The van der Waals surface area contributed by atoms with E-state index in [2.05, 4.69) is 5.32 Å². The second-order valence-electron chi connectivity index (χ2n) is 8.40. The van der Waals surface area contributed by atoms with Crippen molar-refractivity contribution >= 4 is 21.6 Å². The van der Waals surface area contributed by atoms with Gasteiger partial charge in [0.2, 0.25) is 10.0 Å². The van der Waals surface area contributed by atoms with Crippen molar-refractivity contribution in [3.05, 3.63) is 64.7 Å². The van der Waals surface area contributed by atoms with Gasteiger partial charge in [-0.15, -0.1) is 0 Å². The summed E-state index contributed by atoms with van der Waals surface area (Å²) in [6, 6.07) is 13.1. The monoisotopic (exact) mass is 428 g/mol. The number of rotatable bonds is 6. The Morgan fingerprint density at radius 3 is 2.17 bits per heavy atom. The molecule has 1 aliphatic rings. The number of hydrogen-bond donors (Lipinski definition) is 1. The number of hydrogen-bond acceptors (Lipinski definition) is 3. The lowest BCUT2D eigenvalue weighted by molar-refractivity contribution is 0.0933. The van der Waals surface area contributed by atoms with Gasteiger partial charge in [0, 0.05) is 11.6 Å². The Morgan fingerprint density at radius 1 is 0.967 bits per heavy atom. The Bertz CT molecular complexity index is 976. The van der Waals surface area contributed by atoms with E-state index in [-0.39, 0.29) is 18.5 Å². The van der Waals surface area contributed by atoms with E-state index in [1.165, 1.54) is 36.2 Å². The quantitative estimate of drug-likeness (QED) is 0.677. The fourth-order valence-corrected chi connectivity index (χ4v) is 4.78. The molecule has 1 saturated carbocycles. The number of carbonyl (C=O) groups is 1. The highest BCUT2D eigenvalue weighted by Crippen LogP contribution is 2.24. The van der Waals surface area contributed by atoms with E-state index in [0.717, 1.165) is 29.5 Å². The van der Waals surface area contributed by atoms with Gasteiger partial charge in [-0.3, -0.25) is 9.10 Å². The highest BCUT2D eigenvalue weighted by Gasteiger charge is 2.19. The molecule has 0 aromatic heterocycles. The number of nitrogens with zero attached hydrogens (tertiary/aromatic N) is 1. The highest BCUT2D eigenvalue weighted by atomic mass is 32.2. The van der Waals surface area contributed by atoms with Gasteiger partial charge in [0.05, 0.1) is 18.5 Å². The zero-order chi connectivity index (χ0) is 21.7. The largest absolute Gasteiger partial charge is 0.349 e. The minimum Gasteiger partial charge on any atom is -0.349 e. The Labute approximate surface area is 180 Å². The smallest absolute Gasteiger partial charge is 0.251 e. The summed E-state index contributed by atoms with van der Waals surface area (Å²) in [6.07, 6.45) is 8.15. The molecule has 0 bridgehead atoms. The molecular formula is C24H32N2O3S. The van der Waals surface area contributed by atoms with E-state index in [9.17, 15) is 13.2 Å². The van der Waals surface area contributed by atoms with Crippen molar-refractivity contribution in [2.45, 2.75) is 65.0 Å². The molecular weight excluding hydrogens is 396 g/mol. The zero-order valence-electron chi connectivity index (χ0n) is 18.1. The van der Waals surface area contributed by atoms with Crippen LogP contribution in [0.25, 0.3) is 0 Å². The fourth-order valence-electron chi connectivity index (χ4n) is 3.90. The van der Waals surface area contributed by atoms with E-state index in [1.54, 1.807) is 12.1 Å². The molecule has 0 aliphatic heterocycles. The molecule has 0 atom stereocenters. The van der Waals surface area contributed by atoms with Crippen LogP contribution in [0.3, 0.4) is 0 Å². The maximum atomic E-state index is 12.6. The van der Waals surface area contributed by atoms with Gasteiger partial charge in [-0.25, -0.2) is 8.42 Å². The van der Waals surface area contributed by atoms with Crippen LogP contribution in [-0.2, 0) is 16.6 Å². The van der Waals surface area contributed by atoms with Crippen LogP contribution in [-0.4, -0.2) is 26.6 Å². The van der Waals surface area contributed by atoms with Gasteiger partial charge < -0.3 is 5.32 Å². The molecule has 2 aromatic carbocycles. The van der Waals surface area contributed by atoms with Crippen molar-refractivity contribution in [2.24, 2.45) is 0 Å². The molecule has 0 unspecified atom stereocenters. The van der Waals surface area contributed by atoms with Crippen LogP contribution in [0.15, 0.2) is 42.5 Å². The first-order valence-electron chi connectivity index (χ1n) is 10.7. The third-order valence-corrected chi connectivity index (χ3v) is 7.05.